The Hall–Kier alpha value is -4.33. The molecule has 3 N–H and O–H groups in total. The van der Waals surface area contributed by atoms with Gasteiger partial charge in [-0.05, 0) is 62.8 Å². The zero-order valence-corrected chi connectivity index (χ0v) is 20.8. The van der Waals surface area contributed by atoms with E-state index in [1.54, 1.807) is 19.2 Å². The highest BCUT2D eigenvalue weighted by atomic mass is 16.1. The quantitative estimate of drug-likeness (QED) is 0.271. The molecule has 0 saturated heterocycles. The second kappa shape index (κ2) is 11.7. The number of benzene rings is 1. The van der Waals surface area contributed by atoms with E-state index in [9.17, 15) is 4.79 Å². The first-order chi connectivity index (χ1) is 16.8. The van der Waals surface area contributed by atoms with Gasteiger partial charge in [0.05, 0.1) is 23.6 Å². The summed E-state index contributed by atoms with van der Waals surface area (Å²) in [5.74, 6) is 0.309. The van der Waals surface area contributed by atoms with E-state index >= 15 is 0 Å². The molecule has 0 radical (unpaired) electrons. The number of rotatable bonds is 9. The number of aromatic amines is 1. The van der Waals surface area contributed by atoms with Crippen molar-refractivity contribution >= 4 is 29.2 Å². The van der Waals surface area contributed by atoms with Crippen molar-refractivity contribution < 1.29 is 4.79 Å². The number of aliphatic imine (C=N–C) groups is 2. The van der Waals surface area contributed by atoms with E-state index in [0.717, 1.165) is 45.6 Å². The van der Waals surface area contributed by atoms with Crippen LogP contribution in [0.15, 0.2) is 70.7 Å². The fraction of sp³-hybridized carbons (Fsp3) is 0.222. The molecule has 0 unspecified atom stereocenters. The number of hydrogen-bond acceptors (Lipinski definition) is 5. The first kappa shape index (κ1) is 25.3. The molecule has 0 aliphatic heterocycles. The summed E-state index contributed by atoms with van der Waals surface area (Å²) in [6.07, 6.45) is 7.45. The van der Waals surface area contributed by atoms with Crippen LogP contribution in [0, 0.1) is 6.92 Å². The van der Waals surface area contributed by atoms with Crippen molar-refractivity contribution in [3.05, 3.63) is 83.5 Å². The largest absolute Gasteiger partial charge is 0.367 e. The molecule has 180 valence electrons. The minimum atomic E-state index is -0.457. The van der Waals surface area contributed by atoms with Crippen molar-refractivity contribution in [3.63, 3.8) is 0 Å². The van der Waals surface area contributed by atoms with Crippen LogP contribution in [0.2, 0.25) is 0 Å². The molecule has 2 aromatic heterocycles. The van der Waals surface area contributed by atoms with Gasteiger partial charge in [0.2, 0.25) is 5.91 Å². The summed E-state index contributed by atoms with van der Waals surface area (Å²) in [5, 5.41) is 0. The Morgan fingerprint density at radius 2 is 1.94 bits per heavy atom. The Kier molecular flexibility index (Phi) is 8.45. The van der Waals surface area contributed by atoms with Gasteiger partial charge in [-0.3, -0.25) is 14.8 Å². The molecule has 0 saturated carbocycles. The SMILES string of the molecule is C/C=C(\C=C/C(C)=NC=NC)c1nc(CN(C)c2cccc(C(N)=O)c2)[nH]c1-c1cccc(C)n1. The molecular weight excluding hydrogens is 438 g/mol. The summed E-state index contributed by atoms with van der Waals surface area (Å²) in [5.41, 5.74) is 11.9. The van der Waals surface area contributed by atoms with E-state index in [1.165, 1.54) is 6.34 Å². The van der Waals surface area contributed by atoms with E-state index in [2.05, 4.69) is 15.0 Å². The van der Waals surface area contributed by atoms with E-state index in [-0.39, 0.29) is 0 Å². The fourth-order valence-electron chi connectivity index (χ4n) is 3.50. The lowest BCUT2D eigenvalue weighted by Gasteiger charge is -2.18. The maximum atomic E-state index is 11.6. The molecule has 2 heterocycles. The van der Waals surface area contributed by atoms with E-state index in [4.69, 9.17) is 15.7 Å². The van der Waals surface area contributed by atoms with Crippen molar-refractivity contribution in [2.24, 2.45) is 15.7 Å². The number of primary amides is 1. The van der Waals surface area contributed by atoms with Gasteiger partial charge in [-0.2, -0.15) is 0 Å². The van der Waals surface area contributed by atoms with Crippen LogP contribution in [0.3, 0.4) is 0 Å². The average Bonchev–Trinajstić information content (AvgIpc) is 3.26. The molecule has 0 aliphatic rings. The number of hydrogen-bond donors (Lipinski definition) is 2. The molecule has 0 atom stereocenters. The first-order valence-corrected chi connectivity index (χ1v) is 11.3. The number of carbonyl (C=O) groups excluding carboxylic acids is 1. The number of imidazole rings is 1. The summed E-state index contributed by atoms with van der Waals surface area (Å²) in [4.78, 5) is 34.9. The van der Waals surface area contributed by atoms with Crippen molar-refractivity contribution in [2.75, 3.05) is 19.0 Å². The first-order valence-electron chi connectivity index (χ1n) is 11.3. The normalized spacial score (nSPS) is 12.6. The number of nitrogens with one attached hydrogen (secondary N) is 1. The van der Waals surface area contributed by atoms with Gasteiger partial charge in [0, 0.05) is 36.8 Å². The van der Waals surface area contributed by atoms with Crippen LogP contribution in [0.5, 0.6) is 0 Å². The van der Waals surface area contributed by atoms with Crippen molar-refractivity contribution in [3.8, 4) is 11.4 Å². The van der Waals surface area contributed by atoms with Gasteiger partial charge in [0.25, 0.3) is 0 Å². The number of amides is 1. The highest BCUT2D eigenvalue weighted by Gasteiger charge is 2.17. The molecule has 0 aliphatic carbocycles. The lowest BCUT2D eigenvalue weighted by atomic mass is 10.1. The van der Waals surface area contributed by atoms with Crippen molar-refractivity contribution in [2.45, 2.75) is 27.3 Å². The van der Waals surface area contributed by atoms with Crippen LogP contribution < -0.4 is 10.6 Å². The number of nitrogens with zero attached hydrogens (tertiary/aromatic N) is 5. The van der Waals surface area contributed by atoms with Gasteiger partial charge in [-0.1, -0.05) is 24.3 Å². The number of aryl methyl sites for hydroxylation is 1. The molecule has 8 nitrogen and oxygen atoms in total. The van der Waals surface area contributed by atoms with Crippen LogP contribution in [-0.4, -0.2) is 47.0 Å². The lowest BCUT2D eigenvalue weighted by molar-refractivity contribution is 0.100. The Labute approximate surface area is 206 Å². The van der Waals surface area contributed by atoms with Gasteiger partial charge < -0.3 is 15.6 Å². The number of pyridine rings is 1. The predicted octanol–water partition coefficient (Wildman–Crippen LogP) is 4.59. The Balaban J connectivity index is 2.00. The van der Waals surface area contributed by atoms with E-state index < -0.39 is 5.91 Å². The molecule has 1 amide bonds. The summed E-state index contributed by atoms with van der Waals surface area (Å²) in [6, 6.07) is 13.1. The zero-order valence-electron chi connectivity index (χ0n) is 20.8. The van der Waals surface area contributed by atoms with Crippen LogP contribution in [-0.2, 0) is 6.54 Å². The maximum Gasteiger partial charge on any atom is 0.248 e. The Morgan fingerprint density at radius 1 is 1.17 bits per heavy atom. The number of anilines is 1. The third-order valence-electron chi connectivity index (χ3n) is 5.32. The van der Waals surface area contributed by atoms with Crippen LogP contribution >= 0.6 is 0 Å². The predicted molar refractivity (Wildman–Crippen MR) is 144 cm³/mol. The molecule has 35 heavy (non-hydrogen) atoms. The number of carbonyl (C=O) groups is 1. The average molecular weight is 470 g/mol. The minimum absolute atomic E-state index is 0.457. The van der Waals surface area contributed by atoms with Crippen LogP contribution in [0.4, 0.5) is 5.69 Å². The van der Waals surface area contributed by atoms with Crippen molar-refractivity contribution in [1.82, 2.24) is 15.0 Å². The maximum absolute atomic E-state index is 11.6. The second-order valence-electron chi connectivity index (χ2n) is 8.06. The van der Waals surface area contributed by atoms with E-state index in [1.807, 2.05) is 81.3 Å². The van der Waals surface area contributed by atoms with Gasteiger partial charge in [-0.15, -0.1) is 0 Å². The Morgan fingerprint density at radius 3 is 2.63 bits per heavy atom. The van der Waals surface area contributed by atoms with Gasteiger partial charge in [0.15, 0.2) is 0 Å². The van der Waals surface area contributed by atoms with Crippen molar-refractivity contribution in [1.29, 1.82) is 0 Å². The summed E-state index contributed by atoms with van der Waals surface area (Å²) >= 11 is 0. The highest BCUT2D eigenvalue weighted by molar-refractivity contribution is 5.99. The topological polar surface area (TPSA) is 113 Å². The lowest BCUT2D eigenvalue weighted by Crippen LogP contribution is -2.18. The molecule has 0 bridgehead atoms. The Bertz CT molecular complexity index is 1310. The number of allylic oxidation sites excluding steroid dienone is 4. The zero-order chi connectivity index (χ0) is 25.4. The van der Waals surface area contributed by atoms with E-state index in [0.29, 0.717) is 12.1 Å². The fourth-order valence-corrected chi connectivity index (χ4v) is 3.50. The standard InChI is InChI=1S/C27H31N7O/c1-6-20(14-13-18(2)30-17-29-4)25-26(23-12-7-9-19(3)31-23)33-24(32-25)16-34(5)22-11-8-10-21(15-22)27(28)35/h6-15,17H,16H2,1-5H3,(H2,28,35)(H,32,33)/b14-13-,20-6+,29-17?,30-18?. The van der Waals surface area contributed by atoms with Gasteiger partial charge in [0.1, 0.15) is 12.2 Å². The third kappa shape index (κ3) is 6.60. The molecule has 3 rings (SSSR count). The number of aromatic nitrogens is 3. The van der Waals surface area contributed by atoms with Gasteiger partial charge >= 0.3 is 0 Å². The number of nitrogens with two attached hydrogens (primary N) is 1. The molecule has 0 fully saturated rings. The second-order valence-corrected chi connectivity index (χ2v) is 8.06. The summed E-state index contributed by atoms with van der Waals surface area (Å²) < 4.78 is 0. The molecule has 8 heteroatoms. The smallest absolute Gasteiger partial charge is 0.248 e. The molecular formula is C27H31N7O. The molecule has 3 aromatic rings. The van der Waals surface area contributed by atoms with Gasteiger partial charge in [-0.25, -0.2) is 9.98 Å². The summed E-state index contributed by atoms with van der Waals surface area (Å²) in [6.45, 7) is 6.35. The number of H-pyrrole nitrogens is 1. The van der Waals surface area contributed by atoms with Crippen LogP contribution in [0.25, 0.3) is 17.0 Å². The molecule has 0 spiro atoms. The van der Waals surface area contributed by atoms with Crippen LogP contribution in [0.1, 0.15) is 41.4 Å². The summed E-state index contributed by atoms with van der Waals surface area (Å²) in [7, 11) is 3.63. The monoisotopic (exact) mass is 469 g/mol. The third-order valence-corrected chi connectivity index (χ3v) is 5.32. The minimum Gasteiger partial charge on any atom is -0.367 e. The molecule has 1 aromatic carbocycles. The highest BCUT2D eigenvalue weighted by Crippen LogP contribution is 2.28.